The third-order valence-corrected chi connectivity index (χ3v) is 2.94. The Hall–Kier alpha value is -2.54. The van der Waals surface area contributed by atoms with Crippen molar-refractivity contribution in [1.29, 1.82) is 5.26 Å². The lowest BCUT2D eigenvalue weighted by molar-refractivity contribution is 0.185. The van der Waals surface area contributed by atoms with Crippen LogP contribution in [0.2, 0.25) is 0 Å². The molecule has 1 aliphatic rings. The Bertz CT molecular complexity index is 655. The summed E-state index contributed by atoms with van der Waals surface area (Å²) in [6.45, 7) is 0.458. The maximum Gasteiger partial charge on any atom is 0.416 e. The molecule has 3 rings (SSSR count). The summed E-state index contributed by atoms with van der Waals surface area (Å²) in [5.74, 6) is 0.529. The predicted molar refractivity (Wildman–Crippen MR) is 66.1 cm³/mol. The van der Waals surface area contributed by atoms with Crippen LogP contribution < -0.4 is 4.74 Å². The van der Waals surface area contributed by atoms with Crippen LogP contribution in [0.5, 0.6) is 5.75 Å². The Labute approximate surface area is 104 Å². The topological polar surface area (TPSA) is 53.1 Å². The van der Waals surface area contributed by atoms with Gasteiger partial charge in [0.2, 0.25) is 0 Å². The molecule has 1 amide bonds. The quantitative estimate of drug-likeness (QED) is 0.717. The van der Waals surface area contributed by atoms with E-state index in [4.69, 9.17) is 10.00 Å². The summed E-state index contributed by atoms with van der Waals surface area (Å²) < 4.78 is 5.32. The van der Waals surface area contributed by atoms with E-state index in [0.717, 1.165) is 10.8 Å². The van der Waals surface area contributed by atoms with Gasteiger partial charge in [-0.15, -0.1) is 0 Å². The van der Waals surface area contributed by atoms with E-state index < -0.39 is 6.09 Å². The Kier molecular flexibility index (Phi) is 2.38. The highest BCUT2D eigenvalue weighted by molar-refractivity contribution is 5.90. The van der Waals surface area contributed by atoms with Gasteiger partial charge < -0.3 is 4.74 Å². The van der Waals surface area contributed by atoms with E-state index >= 15 is 0 Å². The number of nitriles is 1. The minimum absolute atomic E-state index is 0.326. The van der Waals surface area contributed by atoms with Crippen molar-refractivity contribution in [1.82, 2.24) is 4.90 Å². The van der Waals surface area contributed by atoms with E-state index in [1.807, 2.05) is 42.5 Å². The van der Waals surface area contributed by atoms with Gasteiger partial charge in [-0.05, 0) is 11.5 Å². The summed E-state index contributed by atoms with van der Waals surface area (Å²) in [4.78, 5) is 13.1. The number of carbonyl (C=O) groups is 1. The molecule has 0 N–H and O–H groups in total. The van der Waals surface area contributed by atoms with Gasteiger partial charge in [0.05, 0.1) is 12.6 Å². The Balaban J connectivity index is 1.87. The van der Waals surface area contributed by atoms with Crippen molar-refractivity contribution >= 4 is 16.9 Å². The minimum atomic E-state index is -0.460. The van der Waals surface area contributed by atoms with Gasteiger partial charge in [0.25, 0.3) is 0 Å². The van der Waals surface area contributed by atoms with E-state index in [9.17, 15) is 4.79 Å². The number of nitrogens with zero attached hydrogens (tertiary/aromatic N) is 2. The van der Waals surface area contributed by atoms with Crippen LogP contribution in [0, 0.1) is 11.3 Å². The zero-order chi connectivity index (χ0) is 12.5. The van der Waals surface area contributed by atoms with Gasteiger partial charge in [0.1, 0.15) is 11.8 Å². The predicted octanol–water partition coefficient (Wildman–Crippen LogP) is 2.55. The highest BCUT2D eigenvalue weighted by Crippen LogP contribution is 2.27. The second kappa shape index (κ2) is 4.04. The highest BCUT2D eigenvalue weighted by atomic mass is 16.6. The van der Waals surface area contributed by atoms with E-state index in [0.29, 0.717) is 12.3 Å². The second-order valence-corrected chi connectivity index (χ2v) is 4.14. The first-order valence-corrected chi connectivity index (χ1v) is 5.65. The smallest absolute Gasteiger partial charge is 0.410 e. The molecule has 0 radical (unpaired) electrons. The molecule has 1 atom stereocenters. The van der Waals surface area contributed by atoms with Crippen molar-refractivity contribution in [2.24, 2.45) is 0 Å². The summed E-state index contributed by atoms with van der Waals surface area (Å²) in [5.41, 5.74) is 0. The fourth-order valence-corrected chi connectivity index (χ4v) is 1.89. The zero-order valence-electron chi connectivity index (χ0n) is 9.54. The van der Waals surface area contributed by atoms with Gasteiger partial charge >= 0.3 is 6.09 Å². The number of hydrogen-bond acceptors (Lipinski definition) is 3. The van der Waals surface area contributed by atoms with Gasteiger partial charge in [-0.25, -0.2) is 4.79 Å². The molecule has 88 valence electrons. The molecule has 1 saturated heterocycles. The number of carbonyl (C=O) groups excluding carboxylic acids is 1. The average Bonchev–Trinajstić information content (AvgIpc) is 3.19. The van der Waals surface area contributed by atoms with Crippen molar-refractivity contribution < 1.29 is 9.53 Å². The lowest BCUT2D eigenvalue weighted by Gasteiger charge is -2.07. The summed E-state index contributed by atoms with van der Waals surface area (Å²) in [5, 5.41) is 10.6. The molecule has 2 aromatic rings. The van der Waals surface area contributed by atoms with Crippen molar-refractivity contribution in [3.8, 4) is 11.8 Å². The first-order chi connectivity index (χ1) is 8.79. The molecule has 0 aliphatic carbocycles. The largest absolute Gasteiger partial charge is 0.416 e. The van der Waals surface area contributed by atoms with Crippen LogP contribution in [0.1, 0.15) is 0 Å². The molecule has 4 nitrogen and oxygen atoms in total. The van der Waals surface area contributed by atoms with Crippen molar-refractivity contribution in [2.45, 2.75) is 6.04 Å². The fraction of sp³-hybridized carbons (Fsp3) is 0.143. The van der Waals surface area contributed by atoms with Gasteiger partial charge in [-0.1, -0.05) is 36.4 Å². The van der Waals surface area contributed by atoms with Gasteiger partial charge in [-0.2, -0.15) is 5.26 Å². The van der Waals surface area contributed by atoms with E-state index in [2.05, 4.69) is 0 Å². The van der Waals surface area contributed by atoms with E-state index in [-0.39, 0.29) is 6.04 Å². The Morgan fingerprint density at radius 2 is 2.06 bits per heavy atom. The van der Waals surface area contributed by atoms with E-state index in [1.54, 1.807) is 6.07 Å². The summed E-state index contributed by atoms with van der Waals surface area (Å²) in [6, 6.07) is 14.9. The molecule has 4 heteroatoms. The Morgan fingerprint density at radius 1 is 1.28 bits per heavy atom. The molecule has 0 spiro atoms. The Morgan fingerprint density at radius 3 is 2.83 bits per heavy atom. The highest BCUT2D eigenvalue weighted by Gasteiger charge is 2.40. The standard InChI is InChI=1S/C14H10N2O2/c15-8-11-9-16(11)14(17)18-13-7-3-5-10-4-1-2-6-12(10)13/h1-7,11H,9H2. The molecule has 1 fully saturated rings. The molecule has 18 heavy (non-hydrogen) atoms. The van der Waals surface area contributed by atoms with E-state index in [1.165, 1.54) is 4.90 Å². The summed E-state index contributed by atoms with van der Waals surface area (Å²) >= 11 is 0. The lowest BCUT2D eigenvalue weighted by Crippen LogP contribution is -2.17. The number of ether oxygens (including phenoxy) is 1. The van der Waals surface area contributed by atoms with Gasteiger partial charge in [0.15, 0.2) is 0 Å². The fourth-order valence-electron chi connectivity index (χ4n) is 1.89. The number of amides is 1. The van der Waals surface area contributed by atoms with Crippen molar-refractivity contribution in [3.05, 3.63) is 42.5 Å². The molecule has 1 aliphatic heterocycles. The van der Waals surface area contributed by atoms with Crippen LogP contribution in [0.3, 0.4) is 0 Å². The SMILES string of the molecule is N#CC1CN1C(=O)Oc1cccc2ccccc12. The van der Waals surface area contributed by atoms with Gasteiger partial charge in [0, 0.05) is 5.39 Å². The first kappa shape index (κ1) is 10.6. The van der Waals surface area contributed by atoms with Crippen LogP contribution >= 0.6 is 0 Å². The van der Waals surface area contributed by atoms with Crippen molar-refractivity contribution in [2.75, 3.05) is 6.54 Å². The zero-order valence-corrected chi connectivity index (χ0v) is 9.54. The molecule has 0 aromatic heterocycles. The molecule has 1 unspecified atom stereocenters. The van der Waals surface area contributed by atoms with Crippen molar-refractivity contribution in [3.63, 3.8) is 0 Å². The van der Waals surface area contributed by atoms with Crippen LogP contribution in [0.15, 0.2) is 42.5 Å². The van der Waals surface area contributed by atoms with Crippen LogP contribution in [-0.2, 0) is 0 Å². The number of hydrogen-bond donors (Lipinski definition) is 0. The average molecular weight is 238 g/mol. The summed E-state index contributed by atoms with van der Waals surface area (Å²) in [7, 11) is 0. The minimum Gasteiger partial charge on any atom is -0.410 e. The number of fused-ring (bicyclic) bond motifs is 1. The molecule has 0 saturated carbocycles. The van der Waals surface area contributed by atoms with Crippen LogP contribution in [0.4, 0.5) is 4.79 Å². The second-order valence-electron chi connectivity index (χ2n) is 4.14. The summed E-state index contributed by atoms with van der Waals surface area (Å²) in [6.07, 6.45) is -0.460. The van der Waals surface area contributed by atoms with Crippen LogP contribution in [0.25, 0.3) is 10.8 Å². The maximum atomic E-state index is 11.7. The normalized spacial score (nSPS) is 17.3. The first-order valence-electron chi connectivity index (χ1n) is 5.65. The monoisotopic (exact) mass is 238 g/mol. The van der Waals surface area contributed by atoms with Gasteiger partial charge in [-0.3, -0.25) is 4.90 Å². The van der Waals surface area contributed by atoms with Crippen LogP contribution in [-0.4, -0.2) is 23.6 Å². The molecular formula is C14H10N2O2. The molecule has 2 aromatic carbocycles. The maximum absolute atomic E-state index is 11.7. The molecule has 1 heterocycles. The number of rotatable bonds is 1. The molecule has 0 bridgehead atoms. The molecular weight excluding hydrogens is 228 g/mol. The third-order valence-electron chi connectivity index (χ3n) is 2.94. The number of benzene rings is 2. The lowest BCUT2D eigenvalue weighted by atomic mass is 10.1. The third kappa shape index (κ3) is 1.76.